The Morgan fingerprint density at radius 2 is 2.04 bits per heavy atom. The lowest BCUT2D eigenvalue weighted by molar-refractivity contribution is -0.127. The molecule has 0 radical (unpaired) electrons. The third-order valence-corrected chi connectivity index (χ3v) is 4.90. The molecule has 27 heavy (non-hydrogen) atoms. The minimum absolute atomic E-state index is 0.00724. The van der Waals surface area contributed by atoms with Crippen molar-refractivity contribution in [2.45, 2.75) is 12.8 Å². The maximum absolute atomic E-state index is 12.3. The van der Waals surface area contributed by atoms with Gasteiger partial charge < -0.3 is 10.2 Å². The quantitative estimate of drug-likeness (QED) is 0.805. The van der Waals surface area contributed by atoms with Gasteiger partial charge in [-0.2, -0.15) is 0 Å². The summed E-state index contributed by atoms with van der Waals surface area (Å²) in [6.07, 6.45) is 8.34. The van der Waals surface area contributed by atoms with E-state index in [1.807, 2.05) is 23.1 Å². The predicted molar refractivity (Wildman–Crippen MR) is 106 cm³/mol. The van der Waals surface area contributed by atoms with E-state index in [0.29, 0.717) is 36.1 Å². The van der Waals surface area contributed by atoms with Gasteiger partial charge in [0.1, 0.15) is 0 Å². The SMILES string of the molecule is O=C(NCC1CCN(C(=O)/C=C/c2cccc(Cl)c2)CC1)c1cccnc1. The van der Waals surface area contributed by atoms with E-state index in [9.17, 15) is 9.59 Å². The van der Waals surface area contributed by atoms with Gasteiger partial charge in [0.25, 0.3) is 5.91 Å². The van der Waals surface area contributed by atoms with Crippen molar-refractivity contribution in [1.29, 1.82) is 0 Å². The fourth-order valence-corrected chi connectivity index (χ4v) is 3.28. The number of carbonyl (C=O) groups is 2. The summed E-state index contributed by atoms with van der Waals surface area (Å²) in [5, 5.41) is 3.61. The molecule has 1 N–H and O–H groups in total. The summed E-state index contributed by atoms with van der Waals surface area (Å²) >= 11 is 5.95. The number of rotatable bonds is 5. The van der Waals surface area contributed by atoms with Gasteiger partial charge in [-0.3, -0.25) is 14.6 Å². The Kier molecular flexibility index (Phi) is 6.60. The van der Waals surface area contributed by atoms with Gasteiger partial charge in [0.15, 0.2) is 0 Å². The van der Waals surface area contributed by atoms with Crippen LogP contribution in [0.1, 0.15) is 28.8 Å². The summed E-state index contributed by atoms with van der Waals surface area (Å²) in [5.41, 5.74) is 1.47. The molecule has 0 bridgehead atoms. The molecule has 1 aromatic heterocycles. The third kappa shape index (κ3) is 5.66. The van der Waals surface area contributed by atoms with Crippen LogP contribution in [0, 0.1) is 5.92 Å². The van der Waals surface area contributed by atoms with Crippen LogP contribution in [0.25, 0.3) is 6.08 Å². The standard InChI is InChI=1S/C21H22ClN3O2/c22-19-5-1-3-16(13-19)6-7-20(26)25-11-8-17(9-12-25)14-24-21(27)18-4-2-10-23-15-18/h1-7,10,13,15,17H,8-9,11-12,14H2,(H,24,27)/b7-6+. The molecular formula is C21H22ClN3O2. The van der Waals surface area contributed by atoms with Gasteiger partial charge in [0, 0.05) is 43.1 Å². The van der Waals surface area contributed by atoms with Crippen LogP contribution >= 0.6 is 11.6 Å². The average Bonchev–Trinajstić information content (AvgIpc) is 2.71. The van der Waals surface area contributed by atoms with Crippen LogP contribution in [0.2, 0.25) is 5.02 Å². The minimum Gasteiger partial charge on any atom is -0.352 e. The highest BCUT2D eigenvalue weighted by atomic mass is 35.5. The molecular weight excluding hydrogens is 362 g/mol. The fraction of sp³-hybridized carbons (Fsp3) is 0.286. The topological polar surface area (TPSA) is 62.3 Å². The number of nitrogens with one attached hydrogen (secondary N) is 1. The second-order valence-electron chi connectivity index (χ2n) is 6.61. The van der Waals surface area contributed by atoms with Crippen LogP contribution in [0.5, 0.6) is 0 Å². The molecule has 0 unspecified atom stereocenters. The van der Waals surface area contributed by atoms with Crippen LogP contribution in [0.3, 0.4) is 0 Å². The second-order valence-corrected chi connectivity index (χ2v) is 7.05. The van der Waals surface area contributed by atoms with Crippen molar-refractivity contribution >= 4 is 29.5 Å². The number of halogens is 1. The zero-order valence-corrected chi connectivity index (χ0v) is 15.7. The molecule has 140 valence electrons. The first-order valence-electron chi connectivity index (χ1n) is 9.02. The Labute approximate surface area is 164 Å². The lowest BCUT2D eigenvalue weighted by Crippen LogP contribution is -2.41. The fourth-order valence-electron chi connectivity index (χ4n) is 3.08. The van der Waals surface area contributed by atoms with Gasteiger partial charge >= 0.3 is 0 Å². The van der Waals surface area contributed by atoms with Crippen molar-refractivity contribution in [2.75, 3.05) is 19.6 Å². The highest BCUT2D eigenvalue weighted by molar-refractivity contribution is 6.30. The predicted octanol–water partition coefficient (Wildman–Crippen LogP) is 3.42. The van der Waals surface area contributed by atoms with E-state index < -0.39 is 0 Å². The van der Waals surface area contributed by atoms with E-state index >= 15 is 0 Å². The highest BCUT2D eigenvalue weighted by Gasteiger charge is 2.22. The van der Waals surface area contributed by atoms with Crippen LogP contribution < -0.4 is 5.32 Å². The van der Waals surface area contributed by atoms with E-state index in [1.54, 1.807) is 42.7 Å². The molecule has 1 aliphatic heterocycles. The summed E-state index contributed by atoms with van der Waals surface area (Å²) in [4.78, 5) is 30.2. The zero-order valence-electron chi connectivity index (χ0n) is 15.0. The van der Waals surface area contributed by atoms with E-state index in [-0.39, 0.29) is 11.8 Å². The second kappa shape index (κ2) is 9.33. The summed E-state index contributed by atoms with van der Waals surface area (Å²) in [7, 11) is 0. The third-order valence-electron chi connectivity index (χ3n) is 4.67. The maximum atomic E-state index is 12.3. The van der Waals surface area contributed by atoms with Gasteiger partial charge in [0.05, 0.1) is 5.56 Å². The van der Waals surface area contributed by atoms with Crippen molar-refractivity contribution in [2.24, 2.45) is 5.92 Å². The Morgan fingerprint density at radius 3 is 2.74 bits per heavy atom. The van der Waals surface area contributed by atoms with E-state index in [1.165, 1.54) is 0 Å². The molecule has 1 aliphatic rings. The summed E-state index contributed by atoms with van der Waals surface area (Å²) in [6, 6.07) is 10.9. The Morgan fingerprint density at radius 1 is 1.22 bits per heavy atom. The molecule has 0 aliphatic carbocycles. The molecule has 0 saturated carbocycles. The number of aromatic nitrogens is 1. The van der Waals surface area contributed by atoms with E-state index in [0.717, 1.165) is 18.4 Å². The largest absolute Gasteiger partial charge is 0.352 e. The number of carbonyl (C=O) groups excluding carboxylic acids is 2. The highest BCUT2D eigenvalue weighted by Crippen LogP contribution is 2.17. The van der Waals surface area contributed by atoms with E-state index in [4.69, 9.17) is 11.6 Å². The van der Waals surface area contributed by atoms with Gasteiger partial charge in [-0.1, -0.05) is 23.7 Å². The molecule has 2 heterocycles. The molecule has 3 rings (SSSR count). The molecule has 2 aromatic rings. The van der Waals surface area contributed by atoms with Crippen LogP contribution in [0.15, 0.2) is 54.9 Å². The molecule has 0 atom stereocenters. The number of benzene rings is 1. The van der Waals surface area contributed by atoms with Crippen molar-refractivity contribution in [3.63, 3.8) is 0 Å². The lowest BCUT2D eigenvalue weighted by Gasteiger charge is -2.31. The van der Waals surface area contributed by atoms with Crippen molar-refractivity contribution in [1.82, 2.24) is 15.2 Å². The van der Waals surface area contributed by atoms with Gasteiger partial charge in [-0.15, -0.1) is 0 Å². The lowest BCUT2D eigenvalue weighted by atomic mass is 9.96. The molecule has 1 saturated heterocycles. The molecule has 2 amide bonds. The minimum atomic E-state index is -0.105. The first-order valence-corrected chi connectivity index (χ1v) is 9.40. The smallest absolute Gasteiger partial charge is 0.252 e. The Bertz CT molecular complexity index is 815. The van der Waals surface area contributed by atoms with Gasteiger partial charge in [0.2, 0.25) is 5.91 Å². The van der Waals surface area contributed by atoms with Crippen LogP contribution in [-0.2, 0) is 4.79 Å². The van der Waals surface area contributed by atoms with Crippen molar-refractivity contribution in [3.05, 3.63) is 71.0 Å². The van der Waals surface area contributed by atoms with Gasteiger partial charge in [-0.05, 0) is 54.7 Å². The normalized spacial score (nSPS) is 15.1. The van der Waals surface area contributed by atoms with Crippen molar-refractivity contribution < 1.29 is 9.59 Å². The van der Waals surface area contributed by atoms with Crippen LogP contribution in [0.4, 0.5) is 0 Å². The number of nitrogens with zero attached hydrogens (tertiary/aromatic N) is 2. The number of hydrogen-bond acceptors (Lipinski definition) is 3. The maximum Gasteiger partial charge on any atom is 0.252 e. The monoisotopic (exact) mass is 383 g/mol. The molecule has 1 aromatic carbocycles. The number of amides is 2. The number of likely N-dealkylation sites (tertiary alicyclic amines) is 1. The molecule has 5 nitrogen and oxygen atoms in total. The Hall–Kier alpha value is -2.66. The zero-order chi connectivity index (χ0) is 19.1. The van der Waals surface area contributed by atoms with Crippen LogP contribution in [-0.4, -0.2) is 41.3 Å². The summed E-state index contributed by atoms with van der Waals surface area (Å²) < 4.78 is 0. The molecule has 0 spiro atoms. The first-order chi connectivity index (χ1) is 13.1. The van der Waals surface area contributed by atoms with Gasteiger partial charge in [-0.25, -0.2) is 0 Å². The van der Waals surface area contributed by atoms with Crippen molar-refractivity contribution in [3.8, 4) is 0 Å². The number of pyridine rings is 1. The molecule has 1 fully saturated rings. The number of piperidine rings is 1. The first kappa shape index (κ1) is 19.1. The molecule has 6 heteroatoms. The summed E-state index contributed by atoms with van der Waals surface area (Å²) in [5.74, 6) is 0.283. The average molecular weight is 384 g/mol. The number of hydrogen-bond donors (Lipinski definition) is 1. The van der Waals surface area contributed by atoms with E-state index in [2.05, 4.69) is 10.3 Å². The summed E-state index contributed by atoms with van der Waals surface area (Å²) in [6.45, 7) is 2.02. The Balaban J connectivity index is 1.43.